The Hall–Kier alpha value is -2.72. The molecule has 2 N–H and O–H groups in total. The van der Waals surface area contributed by atoms with E-state index in [4.69, 9.17) is 0 Å². The van der Waals surface area contributed by atoms with Gasteiger partial charge in [0.25, 0.3) is 0 Å². The fourth-order valence-electron chi connectivity index (χ4n) is 2.28. The van der Waals surface area contributed by atoms with Crippen LogP contribution in [-0.2, 0) is 18.8 Å². The van der Waals surface area contributed by atoms with Crippen molar-refractivity contribution in [2.75, 3.05) is 11.4 Å². The highest BCUT2D eigenvalue weighted by Crippen LogP contribution is 2.38. The SMILES string of the molecule is O=C(O)N(CCCc1c[nH]cn1)c1cc(C(F)(F)F)cc(C(F)(F)F)c1. The Morgan fingerprint density at radius 1 is 1.08 bits per heavy atom. The van der Waals surface area contributed by atoms with Gasteiger partial charge in [-0.25, -0.2) is 9.78 Å². The number of hydrogen-bond donors (Lipinski definition) is 2. The molecule has 11 heteroatoms. The Morgan fingerprint density at radius 2 is 1.65 bits per heavy atom. The van der Waals surface area contributed by atoms with Crippen molar-refractivity contribution in [3.05, 3.63) is 47.5 Å². The Labute approximate surface area is 143 Å². The molecule has 0 atom stereocenters. The molecule has 0 aliphatic heterocycles. The number of benzene rings is 1. The highest BCUT2D eigenvalue weighted by Gasteiger charge is 2.37. The van der Waals surface area contributed by atoms with E-state index >= 15 is 0 Å². The maximum atomic E-state index is 12.9. The minimum absolute atomic E-state index is 0.0484. The van der Waals surface area contributed by atoms with Crippen LogP contribution >= 0.6 is 0 Å². The van der Waals surface area contributed by atoms with E-state index in [0.717, 1.165) is 0 Å². The molecule has 0 radical (unpaired) electrons. The van der Waals surface area contributed by atoms with Crippen molar-refractivity contribution in [1.82, 2.24) is 9.97 Å². The van der Waals surface area contributed by atoms with Crippen molar-refractivity contribution >= 4 is 11.8 Å². The van der Waals surface area contributed by atoms with E-state index in [2.05, 4.69) is 9.97 Å². The first-order valence-corrected chi connectivity index (χ1v) is 7.26. The second-order valence-corrected chi connectivity index (χ2v) is 5.36. The number of aromatic amines is 1. The van der Waals surface area contributed by atoms with Crippen molar-refractivity contribution in [3.8, 4) is 0 Å². The van der Waals surface area contributed by atoms with Gasteiger partial charge in [0.15, 0.2) is 0 Å². The standard InChI is InChI=1S/C15H13F6N3O2/c16-14(17,18)9-4-10(15(19,20)21)6-12(5-9)24(13(25)26)3-1-2-11-7-22-8-23-11/h4-8H,1-3H2,(H,22,23)(H,25,26). The molecule has 0 saturated carbocycles. The molecule has 142 valence electrons. The van der Waals surface area contributed by atoms with Gasteiger partial charge < -0.3 is 10.1 Å². The minimum Gasteiger partial charge on any atom is -0.465 e. The van der Waals surface area contributed by atoms with Gasteiger partial charge in [0.2, 0.25) is 0 Å². The van der Waals surface area contributed by atoms with E-state index in [1.54, 1.807) is 6.20 Å². The molecule has 0 unspecified atom stereocenters. The number of carboxylic acid groups (broad SMARTS) is 1. The molecule has 5 nitrogen and oxygen atoms in total. The number of rotatable bonds is 5. The molecule has 0 bridgehead atoms. The monoisotopic (exact) mass is 381 g/mol. The first kappa shape index (κ1) is 19.6. The predicted octanol–water partition coefficient (Wildman–Crippen LogP) is 4.56. The lowest BCUT2D eigenvalue weighted by Crippen LogP contribution is -2.31. The van der Waals surface area contributed by atoms with Crippen LogP contribution < -0.4 is 4.90 Å². The number of imidazole rings is 1. The quantitative estimate of drug-likeness (QED) is 0.746. The molecule has 1 aromatic heterocycles. The molecule has 1 heterocycles. The van der Waals surface area contributed by atoms with Crippen molar-refractivity contribution in [3.63, 3.8) is 0 Å². The van der Waals surface area contributed by atoms with Crippen molar-refractivity contribution in [2.45, 2.75) is 25.2 Å². The average molecular weight is 381 g/mol. The highest BCUT2D eigenvalue weighted by atomic mass is 19.4. The van der Waals surface area contributed by atoms with Gasteiger partial charge in [-0.05, 0) is 31.0 Å². The maximum absolute atomic E-state index is 12.9. The number of anilines is 1. The number of nitrogens with one attached hydrogen (secondary N) is 1. The number of amides is 1. The van der Waals surface area contributed by atoms with Crippen LogP contribution in [0, 0.1) is 0 Å². The third-order valence-corrected chi connectivity index (χ3v) is 3.48. The molecule has 0 aliphatic carbocycles. The number of halogens is 6. The first-order valence-electron chi connectivity index (χ1n) is 7.26. The summed E-state index contributed by atoms with van der Waals surface area (Å²) in [6, 6.07) is 0.725. The summed E-state index contributed by atoms with van der Waals surface area (Å²) >= 11 is 0. The second-order valence-electron chi connectivity index (χ2n) is 5.36. The van der Waals surface area contributed by atoms with Gasteiger partial charge >= 0.3 is 18.4 Å². The molecule has 2 aromatic rings. The van der Waals surface area contributed by atoms with Crippen molar-refractivity contribution in [2.24, 2.45) is 0 Å². The number of aryl methyl sites for hydroxylation is 1. The maximum Gasteiger partial charge on any atom is 0.416 e. The molecule has 1 aromatic carbocycles. The predicted molar refractivity (Wildman–Crippen MR) is 78.7 cm³/mol. The zero-order valence-electron chi connectivity index (χ0n) is 13.0. The Morgan fingerprint density at radius 3 is 2.08 bits per heavy atom. The number of hydrogen-bond acceptors (Lipinski definition) is 2. The number of H-pyrrole nitrogens is 1. The lowest BCUT2D eigenvalue weighted by molar-refractivity contribution is -0.143. The average Bonchev–Trinajstić information content (AvgIpc) is 3.02. The summed E-state index contributed by atoms with van der Waals surface area (Å²) in [6.45, 7) is -0.291. The van der Waals surface area contributed by atoms with Gasteiger partial charge in [-0.1, -0.05) is 0 Å². The summed E-state index contributed by atoms with van der Waals surface area (Å²) in [4.78, 5) is 18.4. The van der Waals surface area contributed by atoms with Crippen LogP contribution in [0.15, 0.2) is 30.7 Å². The summed E-state index contributed by atoms with van der Waals surface area (Å²) in [5, 5.41) is 9.21. The molecule has 1 amide bonds. The minimum atomic E-state index is -5.05. The Bertz CT molecular complexity index is 723. The number of nitrogens with zero attached hydrogens (tertiary/aromatic N) is 2. The van der Waals surface area contributed by atoms with Crippen LogP contribution in [0.5, 0.6) is 0 Å². The molecular formula is C15H13F6N3O2. The van der Waals surface area contributed by atoms with E-state index in [1.807, 2.05) is 0 Å². The van der Waals surface area contributed by atoms with E-state index in [-0.39, 0.29) is 19.0 Å². The van der Waals surface area contributed by atoms with Gasteiger partial charge in [0.1, 0.15) is 0 Å². The fourth-order valence-corrected chi connectivity index (χ4v) is 2.28. The van der Waals surface area contributed by atoms with Gasteiger partial charge in [0, 0.05) is 18.4 Å². The first-order chi connectivity index (χ1) is 12.0. The van der Waals surface area contributed by atoms with Crippen LogP contribution in [0.25, 0.3) is 0 Å². The van der Waals surface area contributed by atoms with Crippen LogP contribution in [0.1, 0.15) is 23.2 Å². The summed E-state index contributed by atoms with van der Waals surface area (Å²) in [5.41, 5.74) is -3.24. The van der Waals surface area contributed by atoms with Gasteiger partial charge in [0.05, 0.1) is 23.1 Å². The molecular weight excluding hydrogens is 368 g/mol. The third-order valence-electron chi connectivity index (χ3n) is 3.48. The molecule has 0 fully saturated rings. The van der Waals surface area contributed by atoms with Gasteiger partial charge in [-0.2, -0.15) is 26.3 Å². The zero-order valence-corrected chi connectivity index (χ0v) is 13.0. The lowest BCUT2D eigenvalue weighted by Gasteiger charge is -2.22. The molecule has 0 saturated heterocycles. The third kappa shape index (κ3) is 4.90. The van der Waals surface area contributed by atoms with Crippen LogP contribution in [0.2, 0.25) is 0 Å². The summed E-state index contributed by atoms with van der Waals surface area (Å²) in [5.74, 6) is 0. The van der Waals surface area contributed by atoms with Gasteiger partial charge in [-0.15, -0.1) is 0 Å². The van der Waals surface area contributed by atoms with E-state index in [0.29, 0.717) is 29.1 Å². The number of carbonyl (C=O) groups is 1. The zero-order chi connectivity index (χ0) is 19.5. The smallest absolute Gasteiger partial charge is 0.416 e. The van der Waals surface area contributed by atoms with Crippen molar-refractivity contribution < 1.29 is 36.2 Å². The lowest BCUT2D eigenvalue weighted by atomic mass is 10.1. The van der Waals surface area contributed by atoms with E-state index in [9.17, 15) is 36.2 Å². The Balaban J connectivity index is 2.32. The second kappa shape index (κ2) is 7.26. The summed E-state index contributed by atoms with van der Waals surface area (Å²) < 4.78 is 77.4. The van der Waals surface area contributed by atoms with Crippen LogP contribution in [0.3, 0.4) is 0 Å². The fraction of sp³-hybridized carbons (Fsp3) is 0.333. The molecule has 0 aliphatic rings. The largest absolute Gasteiger partial charge is 0.465 e. The molecule has 26 heavy (non-hydrogen) atoms. The van der Waals surface area contributed by atoms with E-state index < -0.39 is 35.3 Å². The highest BCUT2D eigenvalue weighted by molar-refractivity contribution is 5.86. The van der Waals surface area contributed by atoms with Crippen LogP contribution in [-0.4, -0.2) is 27.7 Å². The van der Waals surface area contributed by atoms with Gasteiger partial charge in [-0.3, -0.25) is 4.90 Å². The molecule has 0 spiro atoms. The van der Waals surface area contributed by atoms with E-state index in [1.165, 1.54) is 6.33 Å². The topological polar surface area (TPSA) is 69.2 Å². The Kier molecular flexibility index (Phi) is 5.47. The molecule has 2 rings (SSSR count). The number of alkyl halides is 6. The normalized spacial score (nSPS) is 12.2. The van der Waals surface area contributed by atoms with Crippen LogP contribution in [0.4, 0.5) is 36.8 Å². The number of aromatic nitrogens is 2. The summed E-state index contributed by atoms with van der Waals surface area (Å²) in [7, 11) is 0. The summed E-state index contributed by atoms with van der Waals surface area (Å²) in [6.07, 6.45) is -8.33. The van der Waals surface area contributed by atoms with Crippen molar-refractivity contribution in [1.29, 1.82) is 0 Å².